The molecule has 1 aliphatic heterocycles. The second kappa shape index (κ2) is 4.76. The molecular formula is C13H15NO4. The lowest BCUT2D eigenvalue weighted by Crippen LogP contribution is -2.25. The first-order valence-electron chi connectivity index (χ1n) is 5.97. The van der Waals surface area contributed by atoms with Crippen molar-refractivity contribution in [2.45, 2.75) is 32.2 Å². The third-order valence-electron chi connectivity index (χ3n) is 3.48. The Kier molecular flexibility index (Phi) is 3.32. The molecule has 1 aliphatic carbocycles. The maximum absolute atomic E-state index is 11.2. The summed E-state index contributed by atoms with van der Waals surface area (Å²) in [5, 5.41) is 18.3. The van der Waals surface area contributed by atoms with Crippen molar-refractivity contribution in [1.29, 1.82) is 0 Å². The molecule has 0 aromatic rings. The van der Waals surface area contributed by atoms with E-state index in [1.165, 1.54) is 6.08 Å². The fourth-order valence-electron chi connectivity index (χ4n) is 2.69. The molecule has 18 heavy (non-hydrogen) atoms. The molecule has 5 heteroatoms. The van der Waals surface area contributed by atoms with Gasteiger partial charge in [0.05, 0.1) is 11.6 Å². The van der Waals surface area contributed by atoms with Crippen LogP contribution in [0.1, 0.15) is 26.2 Å². The average Bonchev–Trinajstić information content (AvgIpc) is 2.70. The number of carbonyl (C=O) groups is 2. The summed E-state index contributed by atoms with van der Waals surface area (Å²) in [7, 11) is 0. The van der Waals surface area contributed by atoms with Crippen LogP contribution in [-0.2, 0) is 9.59 Å². The van der Waals surface area contributed by atoms with Crippen LogP contribution in [-0.4, -0.2) is 33.9 Å². The molecule has 2 aliphatic rings. The Morgan fingerprint density at radius 2 is 2.17 bits per heavy atom. The van der Waals surface area contributed by atoms with Crippen LogP contribution in [0.2, 0.25) is 0 Å². The number of rotatable bonds is 3. The Balaban J connectivity index is 2.43. The minimum absolute atomic E-state index is 0.0327. The molecule has 2 rings (SSSR count). The monoisotopic (exact) mass is 249 g/mol. The predicted octanol–water partition coefficient (Wildman–Crippen LogP) is 1.65. The summed E-state index contributed by atoms with van der Waals surface area (Å²) >= 11 is 0. The van der Waals surface area contributed by atoms with Crippen molar-refractivity contribution < 1.29 is 19.8 Å². The molecule has 0 saturated heterocycles. The molecule has 2 atom stereocenters. The number of fused-ring (bicyclic) bond motifs is 1. The molecule has 0 amide bonds. The van der Waals surface area contributed by atoms with Crippen LogP contribution in [0.15, 0.2) is 28.3 Å². The first-order chi connectivity index (χ1) is 8.56. The van der Waals surface area contributed by atoms with Crippen molar-refractivity contribution in [2.75, 3.05) is 0 Å². The van der Waals surface area contributed by atoms with Gasteiger partial charge in [-0.05, 0) is 31.8 Å². The van der Waals surface area contributed by atoms with Crippen molar-refractivity contribution in [3.05, 3.63) is 23.3 Å². The summed E-state index contributed by atoms with van der Waals surface area (Å²) in [5.41, 5.74) is 0.925. The zero-order chi connectivity index (χ0) is 13.3. The molecular weight excluding hydrogens is 234 g/mol. The zero-order valence-electron chi connectivity index (χ0n) is 10.1. The molecule has 0 saturated carbocycles. The lowest BCUT2D eigenvalue weighted by Gasteiger charge is -2.22. The Morgan fingerprint density at radius 3 is 2.72 bits per heavy atom. The summed E-state index contributed by atoms with van der Waals surface area (Å²) in [4.78, 5) is 26.4. The van der Waals surface area contributed by atoms with Gasteiger partial charge in [0.25, 0.3) is 0 Å². The summed E-state index contributed by atoms with van der Waals surface area (Å²) in [6.07, 6.45) is 5.97. The number of carboxylic acid groups (broad SMARTS) is 2. The third kappa shape index (κ3) is 1.96. The molecule has 0 spiro atoms. The van der Waals surface area contributed by atoms with Crippen LogP contribution in [0.25, 0.3) is 0 Å². The Morgan fingerprint density at radius 1 is 1.44 bits per heavy atom. The van der Waals surface area contributed by atoms with Gasteiger partial charge >= 0.3 is 11.9 Å². The first kappa shape index (κ1) is 12.5. The van der Waals surface area contributed by atoms with Gasteiger partial charge in [0.15, 0.2) is 0 Å². The van der Waals surface area contributed by atoms with Gasteiger partial charge in [-0.15, -0.1) is 0 Å². The van der Waals surface area contributed by atoms with Crippen LogP contribution >= 0.6 is 0 Å². The van der Waals surface area contributed by atoms with Crippen molar-refractivity contribution in [3.63, 3.8) is 0 Å². The van der Waals surface area contributed by atoms with E-state index >= 15 is 0 Å². The number of carboxylic acids is 2. The predicted molar refractivity (Wildman–Crippen MR) is 65.7 cm³/mol. The summed E-state index contributed by atoms with van der Waals surface area (Å²) in [6.45, 7) is 1.64. The maximum atomic E-state index is 11.2. The van der Waals surface area contributed by atoms with Crippen LogP contribution in [0, 0.1) is 5.92 Å². The van der Waals surface area contributed by atoms with Crippen molar-refractivity contribution >= 4 is 17.7 Å². The SMILES string of the molecule is C/C=C(\C(=O)O)C1N=C(C(=O)O)C2=CCCCC21. The van der Waals surface area contributed by atoms with Crippen molar-refractivity contribution in [1.82, 2.24) is 0 Å². The standard InChI is InChI=1S/C13H15NO4/c1-2-7(12(15)16)10-8-5-3-4-6-9(8)11(14-10)13(17)18/h2,6,8,10H,3-5H2,1H3,(H,15,16)(H,17,18)/b7-2-. The molecule has 0 aromatic carbocycles. The molecule has 1 heterocycles. The number of allylic oxidation sites excluding steroid dienone is 2. The van der Waals surface area contributed by atoms with Crippen LogP contribution in [0.5, 0.6) is 0 Å². The van der Waals surface area contributed by atoms with Gasteiger partial charge in [0, 0.05) is 5.92 Å². The molecule has 96 valence electrons. The quantitative estimate of drug-likeness (QED) is 0.744. The number of aliphatic carboxylic acids is 2. The second-order valence-electron chi connectivity index (χ2n) is 4.47. The Bertz CT molecular complexity index is 487. The zero-order valence-corrected chi connectivity index (χ0v) is 10.1. The van der Waals surface area contributed by atoms with Gasteiger partial charge in [0.1, 0.15) is 5.71 Å². The number of aliphatic imine (C=N–C) groups is 1. The normalized spacial score (nSPS) is 27.3. The minimum Gasteiger partial charge on any atom is -0.478 e. The van der Waals surface area contributed by atoms with Gasteiger partial charge in [0.2, 0.25) is 0 Å². The fourth-order valence-corrected chi connectivity index (χ4v) is 2.69. The number of nitrogens with zero attached hydrogens (tertiary/aromatic N) is 1. The first-order valence-corrected chi connectivity index (χ1v) is 5.97. The van der Waals surface area contributed by atoms with E-state index < -0.39 is 18.0 Å². The lowest BCUT2D eigenvalue weighted by atomic mass is 9.81. The summed E-state index contributed by atoms with van der Waals surface area (Å²) < 4.78 is 0. The largest absolute Gasteiger partial charge is 0.478 e. The topological polar surface area (TPSA) is 87.0 Å². The van der Waals surface area contributed by atoms with E-state index in [9.17, 15) is 9.59 Å². The van der Waals surface area contributed by atoms with E-state index in [1.54, 1.807) is 6.92 Å². The van der Waals surface area contributed by atoms with Crippen molar-refractivity contribution in [2.24, 2.45) is 10.9 Å². The van der Waals surface area contributed by atoms with Gasteiger partial charge in [-0.1, -0.05) is 12.2 Å². The fraction of sp³-hybridized carbons (Fsp3) is 0.462. The van der Waals surface area contributed by atoms with E-state index in [0.717, 1.165) is 19.3 Å². The van der Waals surface area contributed by atoms with E-state index in [-0.39, 0.29) is 17.2 Å². The van der Waals surface area contributed by atoms with E-state index in [2.05, 4.69) is 4.99 Å². The van der Waals surface area contributed by atoms with Gasteiger partial charge in [-0.2, -0.15) is 0 Å². The molecule has 2 unspecified atom stereocenters. The smallest absolute Gasteiger partial charge is 0.354 e. The van der Waals surface area contributed by atoms with E-state index in [1.807, 2.05) is 6.08 Å². The lowest BCUT2D eigenvalue weighted by molar-refractivity contribution is -0.133. The average molecular weight is 249 g/mol. The number of hydrogen-bond acceptors (Lipinski definition) is 3. The van der Waals surface area contributed by atoms with Crippen LogP contribution < -0.4 is 0 Å². The maximum Gasteiger partial charge on any atom is 0.354 e. The Hall–Kier alpha value is -1.91. The highest BCUT2D eigenvalue weighted by Crippen LogP contribution is 2.38. The molecule has 2 N–H and O–H groups in total. The van der Waals surface area contributed by atoms with E-state index in [4.69, 9.17) is 10.2 Å². The van der Waals surface area contributed by atoms with Gasteiger partial charge in [-0.25, -0.2) is 9.59 Å². The minimum atomic E-state index is -1.07. The molecule has 5 nitrogen and oxygen atoms in total. The van der Waals surface area contributed by atoms with Crippen LogP contribution in [0.4, 0.5) is 0 Å². The second-order valence-corrected chi connectivity index (χ2v) is 4.47. The molecule has 0 bridgehead atoms. The molecule has 0 aromatic heterocycles. The highest BCUT2D eigenvalue weighted by Gasteiger charge is 2.40. The highest BCUT2D eigenvalue weighted by atomic mass is 16.4. The van der Waals surface area contributed by atoms with Crippen molar-refractivity contribution in [3.8, 4) is 0 Å². The highest BCUT2D eigenvalue weighted by molar-refractivity contribution is 6.43. The molecule has 0 fully saturated rings. The van der Waals surface area contributed by atoms with E-state index in [0.29, 0.717) is 5.57 Å². The Labute approximate surface area is 105 Å². The summed E-state index contributed by atoms with van der Waals surface area (Å²) in [5.74, 6) is -2.19. The number of hydrogen-bond donors (Lipinski definition) is 2. The van der Waals surface area contributed by atoms with Gasteiger partial charge < -0.3 is 10.2 Å². The summed E-state index contributed by atoms with van der Waals surface area (Å²) in [6, 6.07) is -0.551. The molecule has 0 radical (unpaired) electrons. The van der Waals surface area contributed by atoms with Crippen LogP contribution in [0.3, 0.4) is 0 Å². The third-order valence-corrected chi connectivity index (χ3v) is 3.48. The van der Waals surface area contributed by atoms with Gasteiger partial charge in [-0.3, -0.25) is 4.99 Å².